The summed E-state index contributed by atoms with van der Waals surface area (Å²) in [6.45, 7) is 2.06. The van der Waals surface area contributed by atoms with Gasteiger partial charge in [-0.3, -0.25) is 4.79 Å². The summed E-state index contributed by atoms with van der Waals surface area (Å²) in [5.41, 5.74) is 0. The third-order valence-electron chi connectivity index (χ3n) is 2.67. The van der Waals surface area contributed by atoms with Crippen LogP contribution in [0.2, 0.25) is 0 Å². The molecule has 1 saturated heterocycles. The quantitative estimate of drug-likeness (QED) is 0.580. The average molecular weight is 186 g/mol. The van der Waals surface area contributed by atoms with Gasteiger partial charge in [-0.2, -0.15) is 0 Å². The van der Waals surface area contributed by atoms with Crippen LogP contribution in [-0.2, 0) is 4.79 Å². The van der Waals surface area contributed by atoms with Crippen LogP contribution in [0.15, 0.2) is 0 Å². The third-order valence-corrected chi connectivity index (χ3v) is 2.67. The van der Waals surface area contributed by atoms with Crippen molar-refractivity contribution >= 4 is 5.97 Å². The zero-order chi connectivity index (χ0) is 9.68. The summed E-state index contributed by atoms with van der Waals surface area (Å²) < 4.78 is 0. The Labute approximate surface area is 78.7 Å². The molecule has 0 aromatic carbocycles. The van der Waals surface area contributed by atoms with Crippen LogP contribution in [0.4, 0.5) is 0 Å². The number of piperidine rings is 1. The van der Waals surface area contributed by atoms with E-state index in [0.29, 0.717) is 5.92 Å². The van der Waals surface area contributed by atoms with E-state index in [1.165, 1.54) is 0 Å². The van der Waals surface area contributed by atoms with Gasteiger partial charge in [0.15, 0.2) is 0 Å². The van der Waals surface area contributed by atoms with Crippen LogP contribution in [0, 0.1) is 5.92 Å². The Morgan fingerprint density at radius 2 is 2.23 bits per heavy atom. The molecule has 4 nitrogen and oxygen atoms in total. The van der Waals surface area contributed by atoms with Gasteiger partial charge in [0.05, 0.1) is 0 Å². The molecule has 1 rings (SSSR count). The molecule has 0 aromatic heterocycles. The second kappa shape index (κ2) is 5.19. The first-order valence-electron chi connectivity index (χ1n) is 4.85. The van der Waals surface area contributed by atoms with Crippen molar-refractivity contribution < 1.29 is 9.90 Å². The Balaban J connectivity index is 2.31. The van der Waals surface area contributed by atoms with E-state index in [1.807, 2.05) is 0 Å². The fourth-order valence-corrected chi connectivity index (χ4v) is 1.79. The molecule has 1 heterocycles. The van der Waals surface area contributed by atoms with Crippen molar-refractivity contribution in [2.24, 2.45) is 5.92 Å². The van der Waals surface area contributed by atoms with Gasteiger partial charge < -0.3 is 15.7 Å². The molecule has 0 radical (unpaired) electrons. The number of likely N-dealkylation sites (N-methyl/N-ethyl adjacent to an activating group) is 1. The molecule has 0 aromatic rings. The number of rotatable bonds is 4. The zero-order valence-electron chi connectivity index (χ0n) is 8.05. The predicted octanol–water partition coefficient (Wildman–Crippen LogP) is 0.0487. The summed E-state index contributed by atoms with van der Waals surface area (Å²) in [5.74, 6) is -0.171. The minimum Gasteiger partial charge on any atom is -0.480 e. The van der Waals surface area contributed by atoms with E-state index in [0.717, 1.165) is 32.4 Å². The van der Waals surface area contributed by atoms with Crippen LogP contribution in [0.5, 0.6) is 0 Å². The molecule has 4 heteroatoms. The lowest BCUT2D eigenvalue weighted by molar-refractivity contribution is -0.139. The first-order chi connectivity index (χ1) is 6.24. The molecule has 1 aliphatic heterocycles. The SMILES string of the molecule is CN[C@@H](CC1CCNCC1)C(=O)O. The minimum absolute atomic E-state index is 0.372. The smallest absolute Gasteiger partial charge is 0.320 e. The molecule has 0 saturated carbocycles. The first-order valence-corrected chi connectivity index (χ1v) is 4.85. The van der Waals surface area contributed by atoms with Gasteiger partial charge in [-0.15, -0.1) is 0 Å². The number of hydrogen-bond acceptors (Lipinski definition) is 3. The van der Waals surface area contributed by atoms with Gasteiger partial charge in [-0.1, -0.05) is 0 Å². The highest BCUT2D eigenvalue weighted by atomic mass is 16.4. The lowest BCUT2D eigenvalue weighted by Gasteiger charge is -2.24. The first kappa shape index (κ1) is 10.5. The average Bonchev–Trinajstić information content (AvgIpc) is 2.15. The molecule has 1 atom stereocenters. The Hall–Kier alpha value is -0.610. The Morgan fingerprint density at radius 3 is 2.69 bits per heavy atom. The van der Waals surface area contributed by atoms with E-state index in [4.69, 9.17) is 5.11 Å². The maximum Gasteiger partial charge on any atom is 0.320 e. The van der Waals surface area contributed by atoms with Gasteiger partial charge in [0, 0.05) is 0 Å². The summed E-state index contributed by atoms with van der Waals surface area (Å²) in [6, 6.07) is -0.372. The summed E-state index contributed by atoms with van der Waals surface area (Å²) in [6.07, 6.45) is 2.96. The zero-order valence-corrected chi connectivity index (χ0v) is 8.05. The Kier molecular flexibility index (Phi) is 4.18. The van der Waals surface area contributed by atoms with E-state index in [2.05, 4.69) is 10.6 Å². The largest absolute Gasteiger partial charge is 0.480 e. The fraction of sp³-hybridized carbons (Fsp3) is 0.889. The Morgan fingerprint density at radius 1 is 1.62 bits per heavy atom. The van der Waals surface area contributed by atoms with Crippen LogP contribution in [0.3, 0.4) is 0 Å². The van der Waals surface area contributed by atoms with E-state index in [9.17, 15) is 4.79 Å². The van der Waals surface area contributed by atoms with Crippen LogP contribution >= 0.6 is 0 Å². The van der Waals surface area contributed by atoms with Crippen molar-refractivity contribution in [3.8, 4) is 0 Å². The molecule has 0 unspecified atom stereocenters. The molecule has 0 aliphatic carbocycles. The second-order valence-electron chi connectivity index (χ2n) is 3.61. The van der Waals surface area contributed by atoms with Crippen molar-refractivity contribution in [2.75, 3.05) is 20.1 Å². The summed E-state index contributed by atoms with van der Waals surface area (Å²) in [4.78, 5) is 10.7. The standard InChI is InChI=1S/C9H18N2O2/c1-10-8(9(12)13)6-7-2-4-11-5-3-7/h7-8,10-11H,2-6H2,1H3,(H,12,13)/t8-/m0/s1. The van der Waals surface area contributed by atoms with Crippen LogP contribution in [0.25, 0.3) is 0 Å². The summed E-state index contributed by atoms with van der Waals surface area (Å²) in [5, 5.41) is 14.9. The highest BCUT2D eigenvalue weighted by molar-refractivity contribution is 5.73. The van der Waals surface area contributed by atoms with Gasteiger partial charge in [0.25, 0.3) is 0 Å². The molecule has 1 aliphatic rings. The molecule has 0 spiro atoms. The second-order valence-corrected chi connectivity index (χ2v) is 3.61. The number of carboxylic acids is 1. The van der Waals surface area contributed by atoms with E-state index >= 15 is 0 Å². The molecular formula is C9H18N2O2. The topological polar surface area (TPSA) is 61.4 Å². The lowest BCUT2D eigenvalue weighted by Crippen LogP contribution is -2.38. The highest BCUT2D eigenvalue weighted by Crippen LogP contribution is 2.17. The molecule has 3 N–H and O–H groups in total. The third kappa shape index (κ3) is 3.32. The number of carboxylic acid groups (broad SMARTS) is 1. The van der Waals surface area contributed by atoms with Gasteiger partial charge in [-0.05, 0) is 45.3 Å². The highest BCUT2D eigenvalue weighted by Gasteiger charge is 2.21. The molecule has 13 heavy (non-hydrogen) atoms. The normalized spacial score (nSPS) is 21.3. The number of aliphatic carboxylic acids is 1. The van der Waals surface area contributed by atoms with Crippen LogP contribution in [-0.4, -0.2) is 37.3 Å². The van der Waals surface area contributed by atoms with Gasteiger partial charge in [0.2, 0.25) is 0 Å². The van der Waals surface area contributed by atoms with Gasteiger partial charge >= 0.3 is 5.97 Å². The maximum absolute atomic E-state index is 10.7. The summed E-state index contributed by atoms with van der Waals surface area (Å²) >= 11 is 0. The molecule has 0 bridgehead atoms. The minimum atomic E-state index is -0.735. The van der Waals surface area contributed by atoms with Gasteiger partial charge in [-0.25, -0.2) is 0 Å². The number of carbonyl (C=O) groups is 1. The van der Waals surface area contributed by atoms with E-state index < -0.39 is 5.97 Å². The molecule has 0 amide bonds. The number of nitrogens with one attached hydrogen (secondary N) is 2. The van der Waals surface area contributed by atoms with Crippen LogP contribution in [0.1, 0.15) is 19.3 Å². The van der Waals surface area contributed by atoms with Crippen LogP contribution < -0.4 is 10.6 Å². The van der Waals surface area contributed by atoms with E-state index in [-0.39, 0.29) is 6.04 Å². The lowest BCUT2D eigenvalue weighted by atomic mass is 9.91. The molecular weight excluding hydrogens is 168 g/mol. The number of hydrogen-bond donors (Lipinski definition) is 3. The summed E-state index contributed by atoms with van der Waals surface area (Å²) in [7, 11) is 1.71. The predicted molar refractivity (Wildman–Crippen MR) is 50.7 cm³/mol. The van der Waals surface area contributed by atoms with Crippen molar-refractivity contribution in [1.82, 2.24) is 10.6 Å². The maximum atomic E-state index is 10.7. The van der Waals surface area contributed by atoms with Crippen molar-refractivity contribution in [3.63, 3.8) is 0 Å². The van der Waals surface area contributed by atoms with Gasteiger partial charge in [0.1, 0.15) is 6.04 Å². The Bertz CT molecular complexity index is 167. The molecule has 1 fully saturated rings. The van der Waals surface area contributed by atoms with Crippen molar-refractivity contribution in [3.05, 3.63) is 0 Å². The van der Waals surface area contributed by atoms with E-state index in [1.54, 1.807) is 7.05 Å². The molecule has 76 valence electrons. The monoisotopic (exact) mass is 186 g/mol. The van der Waals surface area contributed by atoms with Crippen molar-refractivity contribution in [2.45, 2.75) is 25.3 Å². The fourth-order valence-electron chi connectivity index (χ4n) is 1.79. The van der Waals surface area contributed by atoms with Crippen molar-refractivity contribution in [1.29, 1.82) is 0 Å².